The molecular formula is C13H14N2S. The van der Waals surface area contributed by atoms with Crippen molar-refractivity contribution in [2.24, 2.45) is 0 Å². The van der Waals surface area contributed by atoms with E-state index in [-0.39, 0.29) is 0 Å². The summed E-state index contributed by atoms with van der Waals surface area (Å²) in [5.74, 6) is 0. The van der Waals surface area contributed by atoms with Crippen LogP contribution in [0.15, 0.2) is 24.3 Å². The number of hydrogen-bond acceptors (Lipinski definition) is 3. The number of anilines is 2. The molecule has 82 valence electrons. The maximum absolute atomic E-state index is 4.63. The first-order valence-corrected chi connectivity index (χ1v) is 6.46. The summed E-state index contributed by atoms with van der Waals surface area (Å²) in [7, 11) is 0. The first-order valence-electron chi connectivity index (χ1n) is 5.64. The Kier molecular flexibility index (Phi) is 2.40. The molecule has 0 bridgehead atoms. The van der Waals surface area contributed by atoms with E-state index in [9.17, 15) is 0 Å². The molecule has 1 N–H and O–H groups in total. The predicted octanol–water partition coefficient (Wildman–Crippen LogP) is 3.68. The van der Waals surface area contributed by atoms with Gasteiger partial charge in [-0.2, -0.15) is 0 Å². The van der Waals surface area contributed by atoms with Crippen LogP contribution in [0.3, 0.4) is 0 Å². The van der Waals surface area contributed by atoms with E-state index in [4.69, 9.17) is 0 Å². The molecule has 0 saturated heterocycles. The van der Waals surface area contributed by atoms with Crippen LogP contribution in [0.4, 0.5) is 10.8 Å². The van der Waals surface area contributed by atoms with Crippen LogP contribution in [0.5, 0.6) is 0 Å². The average Bonchev–Trinajstić information content (AvgIpc) is 2.81. The van der Waals surface area contributed by atoms with Crippen LogP contribution in [0.1, 0.15) is 22.6 Å². The molecule has 3 heteroatoms. The van der Waals surface area contributed by atoms with Gasteiger partial charge in [0.15, 0.2) is 5.13 Å². The van der Waals surface area contributed by atoms with E-state index in [1.165, 1.54) is 29.0 Å². The van der Waals surface area contributed by atoms with Crippen LogP contribution in [-0.4, -0.2) is 4.98 Å². The minimum Gasteiger partial charge on any atom is -0.331 e. The van der Waals surface area contributed by atoms with E-state index in [0.717, 1.165) is 17.2 Å². The molecular weight excluding hydrogens is 216 g/mol. The van der Waals surface area contributed by atoms with Crippen LogP contribution in [0.25, 0.3) is 0 Å². The number of nitrogens with zero attached hydrogens (tertiary/aromatic N) is 1. The lowest BCUT2D eigenvalue weighted by Crippen LogP contribution is -1.92. The first-order chi connectivity index (χ1) is 7.83. The van der Waals surface area contributed by atoms with E-state index in [0.29, 0.717) is 0 Å². The highest BCUT2D eigenvalue weighted by molar-refractivity contribution is 7.15. The zero-order chi connectivity index (χ0) is 11.0. The first kappa shape index (κ1) is 9.85. The van der Waals surface area contributed by atoms with E-state index in [2.05, 4.69) is 41.5 Å². The lowest BCUT2D eigenvalue weighted by atomic mass is 10.2. The molecule has 3 rings (SSSR count). The van der Waals surface area contributed by atoms with Crippen molar-refractivity contribution in [3.63, 3.8) is 0 Å². The third kappa shape index (κ3) is 1.71. The van der Waals surface area contributed by atoms with Crippen LogP contribution in [-0.2, 0) is 12.8 Å². The van der Waals surface area contributed by atoms with Crippen molar-refractivity contribution in [3.05, 3.63) is 40.4 Å². The van der Waals surface area contributed by atoms with Gasteiger partial charge in [0.1, 0.15) is 0 Å². The molecule has 1 aromatic carbocycles. The molecule has 2 nitrogen and oxygen atoms in total. The Labute approximate surface area is 99.4 Å². The summed E-state index contributed by atoms with van der Waals surface area (Å²) in [6.45, 7) is 2.11. The van der Waals surface area contributed by atoms with E-state index < -0.39 is 0 Å². The molecule has 1 heterocycles. The average molecular weight is 230 g/mol. The SMILES string of the molecule is Cc1ccccc1Nc1nc2c(s1)CCC2. The fraction of sp³-hybridized carbons (Fsp3) is 0.308. The van der Waals surface area contributed by atoms with Gasteiger partial charge in [-0.1, -0.05) is 18.2 Å². The summed E-state index contributed by atoms with van der Waals surface area (Å²) < 4.78 is 0. The maximum atomic E-state index is 4.63. The van der Waals surface area contributed by atoms with Gasteiger partial charge in [0, 0.05) is 10.6 Å². The molecule has 0 unspecified atom stereocenters. The molecule has 0 saturated carbocycles. The van der Waals surface area contributed by atoms with Crippen LogP contribution in [0, 0.1) is 6.92 Å². The van der Waals surface area contributed by atoms with Crippen molar-refractivity contribution < 1.29 is 0 Å². The van der Waals surface area contributed by atoms with Gasteiger partial charge in [0.25, 0.3) is 0 Å². The fourth-order valence-electron chi connectivity index (χ4n) is 2.07. The Morgan fingerprint density at radius 3 is 2.94 bits per heavy atom. The zero-order valence-electron chi connectivity index (χ0n) is 9.29. The summed E-state index contributed by atoms with van der Waals surface area (Å²) in [5, 5.41) is 4.45. The van der Waals surface area contributed by atoms with Gasteiger partial charge >= 0.3 is 0 Å². The number of aryl methyl sites for hydroxylation is 3. The van der Waals surface area contributed by atoms with Crippen molar-refractivity contribution >= 4 is 22.2 Å². The Balaban J connectivity index is 1.87. The highest BCUT2D eigenvalue weighted by Crippen LogP contribution is 2.32. The molecule has 0 atom stereocenters. The molecule has 0 aliphatic heterocycles. The van der Waals surface area contributed by atoms with Gasteiger partial charge in [0.2, 0.25) is 0 Å². The second-order valence-corrected chi connectivity index (χ2v) is 5.27. The number of aromatic nitrogens is 1. The summed E-state index contributed by atoms with van der Waals surface area (Å²) in [5.41, 5.74) is 3.73. The van der Waals surface area contributed by atoms with E-state index in [1.54, 1.807) is 11.3 Å². The second kappa shape index (κ2) is 3.91. The number of benzene rings is 1. The lowest BCUT2D eigenvalue weighted by Gasteiger charge is -2.05. The Hall–Kier alpha value is -1.35. The van der Waals surface area contributed by atoms with Crippen LogP contribution in [0.2, 0.25) is 0 Å². The molecule has 1 aliphatic carbocycles. The minimum absolute atomic E-state index is 1.04. The van der Waals surface area contributed by atoms with Gasteiger partial charge in [-0.15, -0.1) is 11.3 Å². The maximum Gasteiger partial charge on any atom is 0.187 e. The van der Waals surface area contributed by atoms with Crippen LogP contribution >= 0.6 is 11.3 Å². The van der Waals surface area contributed by atoms with E-state index >= 15 is 0 Å². The van der Waals surface area contributed by atoms with Gasteiger partial charge in [-0.05, 0) is 37.8 Å². The number of fused-ring (bicyclic) bond motifs is 1. The molecule has 1 aliphatic rings. The van der Waals surface area contributed by atoms with Crippen molar-refractivity contribution in [2.45, 2.75) is 26.2 Å². The van der Waals surface area contributed by atoms with Crippen molar-refractivity contribution in [1.82, 2.24) is 4.98 Å². The predicted molar refractivity (Wildman–Crippen MR) is 68.6 cm³/mol. The third-order valence-electron chi connectivity index (χ3n) is 2.98. The Bertz CT molecular complexity index is 495. The van der Waals surface area contributed by atoms with Crippen molar-refractivity contribution in [2.75, 3.05) is 5.32 Å². The Morgan fingerprint density at radius 2 is 2.12 bits per heavy atom. The largest absolute Gasteiger partial charge is 0.331 e. The van der Waals surface area contributed by atoms with Crippen molar-refractivity contribution in [1.29, 1.82) is 0 Å². The monoisotopic (exact) mass is 230 g/mol. The summed E-state index contributed by atoms with van der Waals surface area (Å²) in [6.07, 6.45) is 3.64. The molecule has 0 amide bonds. The normalized spacial score (nSPS) is 13.8. The fourth-order valence-corrected chi connectivity index (χ4v) is 3.13. The number of nitrogens with one attached hydrogen (secondary N) is 1. The standard InChI is InChI=1S/C13H14N2S/c1-9-5-2-3-6-10(9)14-13-15-11-7-4-8-12(11)16-13/h2-3,5-6H,4,7-8H2,1H3,(H,14,15). The highest BCUT2D eigenvalue weighted by atomic mass is 32.1. The molecule has 0 spiro atoms. The quantitative estimate of drug-likeness (QED) is 0.851. The number of para-hydroxylation sites is 1. The van der Waals surface area contributed by atoms with Gasteiger partial charge in [0.05, 0.1) is 5.69 Å². The molecule has 2 aromatic rings. The number of hydrogen-bond donors (Lipinski definition) is 1. The molecule has 0 fully saturated rings. The topological polar surface area (TPSA) is 24.9 Å². The summed E-state index contributed by atoms with van der Waals surface area (Å²) in [6, 6.07) is 8.32. The lowest BCUT2D eigenvalue weighted by molar-refractivity contribution is 0.900. The zero-order valence-corrected chi connectivity index (χ0v) is 10.1. The van der Waals surface area contributed by atoms with Crippen molar-refractivity contribution in [3.8, 4) is 0 Å². The number of rotatable bonds is 2. The van der Waals surface area contributed by atoms with Crippen LogP contribution < -0.4 is 5.32 Å². The summed E-state index contributed by atoms with van der Waals surface area (Å²) >= 11 is 1.80. The number of thiazole rings is 1. The van der Waals surface area contributed by atoms with Gasteiger partial charge in [-0.3, -0.25) is 0 Å². The smallest absolute Gasteiger partial charge is 0.187 e. The highest BCUT2D eigenvalue weighted by Gasteiger charge is 2.16. The minimum atomic E-state index is 1.04. The molecule has 16 heavy (non-hydrogen) atoms. The second-order valence-electron chi connectivity index (χ2n) is 4.18. The van der Waals surface area contributed by atoms with Gasteiger partial charge in [-0.25, -0.2) is 4.98 Å². The molecule has 0 radical (unpaired) electrons. The third-order valence-corrected chi connectivity index (χ3v) is 4.06. The van der Waals surface area contributed by atoms with Gasteiger partial charge < -0.3 is 5.32 Å². The van der Waals surface area contributed by atoms with E-state index in [1.807, 2.05) is 0 Å². The molecule has 1 aromatic heterocycles. The summed E-state index contributed by atoms with van der Waals surface area (Å²) in [4.78, 5) is 6.10. The Morgan fingerprint density at radius 1 is 1.25 bits per heavy atom.